The highest BCUT2D eigenvalue weighted by Gasteiger charge is 2.33. The zero-order valence-electron chi connectivity index (χ0n) is 13.6. The van der Waals surface area contributed by atoms with Gasteiger partial charge < -0.3 is 10.2 Å². The Balaban J connectivity index is 1.84. The van der Waals surface area contributed by atoms with Gasteiger partial charge >= 0.3 is 0 Å². The summed E-state index contributed by atoms with van der Waals surface area (Å²) in [4.78, 5) is 26.0. The molecule has 1 unspecified atom stereocenters. The number of hydrogen-bond acceptors (Lipinski definition) is 2. The summed E-state index contributed by atoms with van der Waals surface area (Å²) in [5.41, 5.74) is 2.31. The van der Waals surface area contributed by atoms with Crippen LogP contribution in [0.1, 0.15) is 43.7 Å². The number of nitrogens with zero attached hydrogens (tertiary/aromatic N) is 1. The van der Waals surface area contributed by atoms with E-state index in [0.717, 1.165) is 31.4 Å². The summed E-state index contributed by atoms with van der Waals surface area (Å²) in [5.74, 6) is -0.0923. The molecular weight excluding hydrogens is 276 g/mol. The Hall–Kier alpha value is -1.84. The molecule has 1 aromatic carbocycles. The summed E-state index contributed by atoms with van der Waals surface area (Å²) in [5, 5.41) is 2.96. The smallest absolute Gasteiger partial charge is 0.225 e. The van der Waals surface area contributed by atoms with Crippen molar-refractivity contribution in [1.82, 2.24) is 10.2 Å². The molecule has 0 saturated carbocycles. The van der Waals surface area contributed by atoms with Crippen molar-refractivity contribution < 1.29 is 9.59 Å². The van der Waals surface area contributed by atoms with Crippen LogP contribution in [0.5, 0.6) is 0 Å². The van der Waals surface area contributed by atoms with E-state index in [-0.39, 0.29) is 17.7 Å². The number of hydrogen-bond donors (Lipinski definition) is 1. The highest BCUT2D eigenvalue weighted by Crippen LogP contribution is 2.20. The molecule has 1 aliphatic heterocycles. The van der Waals surface area contributed by atoms with Crippen LogP contribution in [0.3, 0.4) is 0 Å². The van der Waals surface area contributed by atoms with Gasteiger partial charge in [0, 0.05) is 26.1 Å². The van der Waals surface area contributed by atoms with E-state index in [2.05, 4.69) is 18.3 Å². The minimum absolute atomic E-state index is 0.0243. The van der Waals surface area contributed by atoms with Gasteiger partial charge in [-0.25, -0.2) is 0 Å². The molecule has 1 saturated heterocycles. The van der Waals surface area contributed by atoms with E-state index >= 15 is 0 Å². The Labute approximate surface area is 132 Å². The molecule has 120 valence electrons. The van der Waals surface area contributed by atoms with Gasteiger partial charge in [-0.15, -0.1) is 0 Å². The van der Waals surface area contributed by atoms with E-state index in [4.69, 9.17) is 0 Å². The Kier molecular flexibility index (Phi) is 5.99. The molecule has 0 radical (unpaired) electrons. The van der Waals surface area contributed by atoms with Crippen molar-refractivity contribution in [3.05, 3.63) is 35.4 Å². The van der Waals surface area contributed by atoms with E-state index in [1.807, 2.05) is 25.1 Å². The van der Waals surface area contributed by atoms with Crippen molar-refractivity contribution in [2.75, 3.05) is 13.1 Å². The molecule has 1 fully saturated rings. The molecule has 2 amide bonds. The molecule has 1 N–H and O–H groups in total. The van der Waals surface area contributed by atoms with Crippen molar-refractivity contribution in [3.8, 4) is 0 Å². The number of amides is 2. The average molecular weight is 302 g/mol. The van der Waals surface area contributed by atoms with Crippen molar-refractivity contribution in [2.45, 2.75) is 46.1 Å². The first-order chi connectivity index (χ1) is 10.6. The normalized spacial score (nSPS) is 17.8. The number of carbonyl (C=O) groups excluding carboxylic acids is 2. The van der Waals surface area contributed by atoms with Crippen LogP contribution in [-0.2, 0) is 16.1 Å². The molecule has 2 rings (SSSR count). The van der Waals surface area contributed by atoms with E-state index in [9.17, 15) is 9.59 Å². The van der Waals surface area contributed by atoms with Gasteiger partial charge in [0.15, 0.2) is 0 Å². The van der Waals surface area contributed by atoms with Crippen LogP contribution >= 0.6 is 0 Å². The zero-order valence-corrected chi connectivity index (χ0v) is 13.6. The van der Waals surface area contributed by atoms with Gasteiger partial charge in [-0.3, -0.25) is 9.59 Å². The second-order valence-corrected chi connectivity index (χ2v) is 6.16. The summed E-state index contributed by atoms with van der Waals surface area (Å²) in [6, 6.07) is 8.16. The lowest BCUT2D eigenvalue weighted by atomic mass is 10.1. The van der Waals surface area contributed by atoms with Crippen LogP contribution in [0.2, 0.25) is 0 Å². The summed E-state index contributed by atoms with van der Waals surface area (Å²) in [6.45, 7) is 6.03. The van der Waals surface area contributed by atoms with Gasteiger partial charge in [0.25, 0.3) is 0 Å². The molecule has 4 heteroatoms. The predicted octanol–water partition coefficient (Wildman–Crippen LogP) is 2.65. The standard InChI is InChI=1S/C18H26N2O2/c1-3-4-5-9-19-18(22)16-11-17(21)20(13-16)12-15-8-6-7-14(2)10-15/h6-8,10,16H,3-5,9,11-13H2,1-2H3,(H,19,22). The van der Waals surface area contributed by atoms with Gasteiger partial charge in [-0.05, 0) is 18.9 Å². The van der Waals surface area contributed by atoms with Crippen molar-refractivity contribution in [2.24, 2.45) is 5.92 Å². The largest absolute Gasteiger partial charge is 0.356 e. The number of nitrogens with one attached hydrogen (secondary N) is 1. The summed E-state index contributed by atoms with van der Waals surface area (Å²) in [6.07, 6.45) is 3.62. The Bertz CT molecular complexity index is 528. The third kappa shape index (κ3) is 4.58. The van der Waals surface area contributed by atoms with E-state index in [1.54, 1.807) is 4.90 Å². The number of aryl methyl sites for hydroxylation is 1. The lowest BCUT2D eigenvalue weighted by molar-refractivity contribution is -0.129. The quantitative estimate of drug-likeness (QED) is 0.787. The minimum Gasteiger partial charge on any atom is -0.356 e. The minimum atomic E-state index is -0.195. The maximum atomic E-state index is 12.1. The molecule has 4 nitrogen and oxygen atoms in total. The first-order valence-corrected chi connectivity index (χ1v) is 8.21. The summed E-state index contributed by atoms with van der Waals surface area (Å²) in [7, 11) is 0. The Morgan fingerprint density at radius 1 is 1.36 bits per heavy atom. The topological polar surface area (TPSA) is 49.4 Å². The average Bonchev–Trinajstić information content (AvgIpc) is 2.85. The van der Waals surface area contributed by atoms with E-state index in [0.29, 0.717) is 19.5 Å². The fraction of sp³-hybridized carbons (Fsp3) is 0.556. The number of carbonyl (C=O) groups is 2. The molecule has 1 aliphatic rings. The van der Waals surface area contributed by atoms with Crippen molar-refractivity contribution in [3.63, 3.8) is 0 Å². The van der Waals surface area contributed by atoms with Crippen LogP contribution < -0.4 is 5.32 Å². The highest BCUT2D eigenvalue weighted by molar-refractivity contribution is 5.89. The van der Waals surface area contributed by atoms with Crippen LogP contribution in [0.15, 0.2) is 24.3 Å². The van der Waals surface area contributed by atoms with Crippen LogP contribution in [-0.4, -0.2) is 29.8 Å². The maximum Gasteiger partial charge on any atom is 0.225 e. The lowest BCUT2D eigenvalue weighted by Crippen LogP contribution is -2.33. The Morgan fingerprint density at radius 3 is 2.91 bits per heavy atom. The predicted molar refractivity (Wildman–Crippen MR) is 87.2 cm³/mol. The number of rotatable bonds is 7. The van der Waals surface area contributed by atoms with Gasteiger partial charge in [-0.2, -0.15) is 0 Å². The van der Waals surface area contributed by atoms with Crippen LogP contribution in [0.25, 0.3) is 0 Å². The summed E-state index contributed by atoms with van der Waals surface area (Å²) >= 11 is 0. The molecule has 0 aromatic heterocycles. The molecule has 0 aliphatic carbocycles. The number of likely N-dealkylation sites (tertiary alicyclic amines) is 1. The number of unbranched alkanes of at least 4 members (excludes halogenated alkanes) is 2. The third-order valence-electron chi connectivity index (χ3n) is 4.12. The fourth-order valence-corrected chi connectivity index (χ4v) is 2.86. The Morgan fingerprint density at radius 2 is 2.18 bits per heavy atom. The van der Waals surface area contributed by atoms with Crippen LogP contribution in [0.4, 0.5) is 0 Å². The maximum absolute atomic E-state index is 12.1. The monoisotopic (exact) mass is 302 g/mol. The first kappa shape index (κ1) is 16.5. The van der Waals surface area contributed by atoms with E-state index < -0.39 is 0 Å². The van der Waals surface area contributed by atoms with Gasteiger partial charge in [-0.1, -0.05) is 49.6 Å². The number of benzene rings is 1. The molecular formula is C18H26N2O2. The lowest BCUT2D eigenvalue weighted by Gasteiger charge is -2.17. The third-order valence-corrected chi connectivity index (χ3v) is 4.12. The second kappa shape index (κ2) is 7.97. The van der Waals surface area contributed by atoms with Gasteiger partial charge in [0.05, 0.1) is 5.92 Å². The molecule has 1 atom stereocenters. The SMILES string of the molecule is CCCCCNC(=O)C1CC(=O)N(Cc2cccc(C)c2)C1. The molecule has 0 spiro atoms. The van der Waals surface area contributed by atoms with Crippen molar-refractivity contribution in [1.29, 1.82) is 0 Å². The fourth-order valence-electron chi connectivity index (χ4n) is 2.86. The van der Waals surface area contributed by atoms with Gasteiger partial charge in [0.1, 0.15) is 0 Å². The second-order valence-electron chi connectivity index (χ2n) is 6.16. The first-order valence-electron chi connectivity index (χ1n) is 8.21. The molecule has 22 heavy (non-hydrogen) atoms. The zero-order chi connectivity index (χ0) is 15.9. The van der Waals surface area contributed by atoms with Crippen LogP contribution in [0, 0.1) is 12.8 Å². The molecule has 0 bridgehead atoms. The van der Waals surface area contributed by atoms with Gasteiger partial charge in [0.2, 0.25) is 11.8 Å². The van der Waals surface area contributed by atoms with Crippen molar-refractivity contribution >= 4 is 11.8 Å². The highest BCUT2D eigenvalue weighted by atomic mass is 16.2. The summed E-state index contributed by atoms with van der Waals surface area (Å²) < 4.78 is 0. The van der Waals surface area contributed by atoms with E-state index in [1.165, 1.54) is 5.56 Å². The molecule has 1 aromatic rings. The molecule has 1 heterocycles.